The number of terminal acetylenes is 1. The second-order valence-electron chi connectivity index (χ2n) is 8.27. The maximum Gasteiger partial charge on any atom is 0.332 e. The molecule has 2 aromatic carbocycles. The molecule has 0 radical (unpaired) electrons. The molecule has 0 saturated carbocycles. The third-order valence-electron chi connectivity index (χ3n) is 5.52. The Labute approximate surface area is 212 Å². The molecule has 36 heavy (non-hydrogen) atoms. The number of benzene rings is 2. The van der Waals surface area contributed by atoms with Gasteiger partial charge < -0.3 is 10.6 Å². The lowest BCUT2D eigenvalue weighted by Gasteiger charge is -2.14. The van der Waals surface area contributed by atoms with Crippen LogP contribution in [0.3, 0.4) is 0 Å². The number of carbonyl (C=O) groups excluding carboxylic acids is 2. The fourth-order valence-electron chi connectivity index (χ4n) is 3.85. The van der Waals surface area contributed by atoms with Gasteiger partial charge in [0.25, 0.3) is 5.56 Å². The van der Waals surface area contributed by atoms with Crippen molar-refractivity contribution in [2.24, 2.45) is 5.92 Å². The van der Waals surface area contributed by atoms with E-state index in [2.05, 4.69) is 16.6 Å². The van der Waals surface area contributed by atoms with E-state index in [-0.39, 0.29) is 47.5 Å². The molecule has 10 heteroatoms. The van der Waals surface area contributed by atoms with E-state index >= 15 is 0 Å². The molecular weight excluding hydrogens is 482 g/mol. The molecule has 0 aliphatic rings. The summed E-state index contributed by atoms with van der Waals surface area (Å²) in [5, 5.41) is 14.9. The van der Waals surface area contributed by atoms with E-state index < -0.39 is 11.2 Å². The molecule has 0 spiro atoms. The molecule has 3 rings (SSSR count). The number of halogens is 1. The average Bonchev–Trinajstić information content (AvgIpc) is 2.82. The van der Waals surface area contributed by atoms with Crippen LogP contribution in [0.25, 0.3) is 10.9 Å². The molecule has 1 atom stereocenters. The van der Waals surface area contributed by atoms with Crippen LogP contribution in [-0.2, 0) is 22.7 Å². The second-order valence-corrected chi connectivity index (χ2v) is 8.68. The van der Waals surface area contributed by atoms with Crippen LogP contribution in [0.15, 0.2) is 46.0 Å². The first kappa shape index (κ1) is 26.3. The Hall–Kier alpha value is -4.34. The summed E-state index contributed by atoms with van der Waals surface area (Å²) < 4.78 is 2.43. The van der Waals surface area contributed by atoms with E-state index in [4.69, 9.17) is 23.3 Å². The molecule has 0 aliphatic heterocycles. The number of amides is 2. The highest BCUT2D eigenvalue weighted by Gasteiger charge is 2.16. The average molecular weight is 506 g/mol. The molecule has 0 bridgehead atoms. The third kappa shape index (κ3) is 5.83. The SMILES string of the molecule is C#CCn1c(=O)c2cc(NC(=O)CC(C)CC(=O)Nc3ccc(C#N)c(Cl)c3)ccc2n(CC)c1=O. The van der Waals surface area contributed by atoms with Gasteiger partial charge in [-0.1, -0.05) is 24.4 Å². The monoisotopic (exact) mass is 505 g/mol. The van der Waals surface area contributed by atoms with Crippen LogP contribution in [0.1, 0.15) is 32.3 Å². The molecule has 2 N–H and O–H groups in total. The summed E-state index contributed by atoms with van der Waals surface area (Å²) in [6.07, 6.45) is 5.46. The normalized spacial score (nSPS) is 11.4. The highest BCUT2D eigenvalue weighted by atomic mass is 35.5. The summed E-state index contributed by atoms with van der Waals surface area (Å²) in [6, 6.07) is 11.3. The Morgan fingerprint density at radius 3 is 2.22 bits per heavy atom. The molecule has 9 nitrogen and oxygen atoms in total. The summed E-state index contributed by atoms with van der Waals surface area (Å²) in [4.78, 5) is 50.3. The van der Waals surface area contributed by atoms with Crippen molar-refractivity contribution in [2.45, 2.75) is 39.8 Å². The number of aromatic nitrogens is 2. The molecule has 2 amide bonds. The van der Waals surface area contributed by atoms with E-state index in [1.807, 2.05) is 6.07 Å². The lowest BCUT2D eigenvalue weighted by atomic mass is 10.0. The number of rotatable bonds is 8. The molecule has 0 aliphatic carbocycles. The number of nitrogens with zero attached hydrogens (tertiary/aromatic N) is 3. The minimum atomic E-state index is -0.526. The molecule has 0 fully saturated rings. The van der Waals surface area contributed by atoms with Crippen LogP contribution < -0.4 is 21.9 Å². The van der Waals surface area contributed by atoms with Gasteiger partial charge in [-0.05, 0) is 49.2 Å². The van der Waals surface area contributed by atoms with Crippen molar-refractivity contribution in [1.29, 1.82) is 5.26 Å². The molecule has 1 unspecified atom stereocenters. The maximum absolute atomic E-state index is 12.8. The molecule has 0 saturated heterocycles. The zero-order valence-electron chi connectivity index (χ0n) is 19.8. The largest absolute Gasteiger partial charge is 0.332 e. The quantitative estimate of drug-likeness (QED) is 0.454. The van der Waals surface area contributed by atoms with Gasteiger partial charge in [0, 0.05) is 30.8 Å². The standard InChI is InChI=1S/C26H24ClN5O4/c1-4-10-32-25(35)20-13-18(8-9-22(20)31(5-2)26(32)36)29-23(33)11-16(3)12-24(34)30-19-7-6-17(15-28)21(27)14-19/h1,6-9,13-14,16H,5,10-12H2,2-3H3,(H,29,33)(H,30,34). The number of hydrogen-bond donors (Lipinski definition) is 2. The van der Waals surface area contributed by atoms with E-state index in [0.29, 0.717) is 29.0 Å². The van der Waals surface area contributed by atoms with Gasteiger partial charge in [0.05, 0.1) is 28.0 Å². The number of nitriles is 1. The summed E-state index contributed by atoms with van der Waals surface area (Å²) in [5.74, 6) is 1.41. The van der Waals surface area contributed by atoms with Gasteiger partial charge in [-0.2, -0.15) is 5.26 Å². The maximum atomic E-state index is 12.8. The first-order valence-electron chi connectivity index (χ1n) is 11.2. The lowest BCUT2D eigenvalue weighted by molar-refractivity contribution is -0.118. The Kier molecular flexibility index (Phi) is 8.31. The molecule has 184 valence electrons. The van der Waals surface area contributed by atoms with Gasteiger partial charge in [-0.3, -0.25) is 19.0 Å². The smallest absolute Gasteiger partial charge is 0.326 e. The zero-order chi connectivity index (χ0) is 26.4. The first-order chi connectivity index (χ1) is 17.2. The van der Waals surface area contributed by atoms with E-state index in [1.54, 1.807) is 32.0 Å². The summed E-state index contributed by atoms with van der Waals surface area (Å²) in [6.45, 7) is 3.75. The fraction of sp³-hybridized carbons (Fsp3) is 0.269. The van der Waals surface area contributed by atoms with Crippen LogP contribution in [-0.4, -0.2) is 20.9 Å². The van der Waals surface area contributed by atoms with Crippen LogP contribution in [0.4, 0.5) is 11.4 Å². The number of aryl methyl sites for hydroxylation is 1. The van der Waals surface area contributed by atoms with Crippen LogP contribution in [0.5, 0.6) is 0 Å². The van der Waals surface area contributed by atoms with Gasteiger partial charge >= 0.3 is 5.69 Å². The van der Waals surface area contributed by atoms with Crippen LogP contribution in [0, 0.1) is 29.6 Å². The minimum Gasteiger partial charge on any atom is -0.326 e. The Morgan fingerprint density at radius 2 is 1.67 bits per heavy atom. The van der Waals surface area contributed by atoms with Crippen molar-refractivity contribution < 1.29 is 9.59 Å². The predicted octanol–water partition coefficient (Wildman–Crippen LogP) is 3.33. The number of fused-ring (bicyclic) bond motifs is 1. The molecule has 1 aromatic heterocycles. The van der Waals surface area contributed by atoms with Gasteiger partial charge in [0.1, 0.15) is 6.07 Å². The topological polar surface area (TPSA) is 126 Å². The van der Waals surface area contributed by atoms with Crippen molar-refractivity contribution in [3.8, 4) is 18.4 Å². The zero-order valence-corrected chi connectivity index (χ0v) is 20.6. The third-order valence-corrected chi connectivity index (χ3v) is 5.83. The van der Waals surface area contributed by atoms with Crippen molar-refractivity contribution >= 4 is 45.7 Å². The highest BCUT2D eigenvalue weighted by Crippen LogP contribution is 2.21. The Bertz CT molecular complexity index is 1540. The van der Waals surface area contributed by atoms with Gasteiger partial charge in [0.15, 0.2) is 0 Å². The predicted molar refractivity (Wildman–Crippen MR) is 139 cm³/mol. The number of nitrogens with one attached hydrogen (secondary N) is 2. The van der Waals surface area contributed by atoms with Gasteiger partial charge in [-0.25, -0.2) is 9.36 Å². The van der Waals surface area contributed by atoms with Crippen molar-refractivity contribution in [1.82, 2.24) is 9.13 Å². The number of anilines is 2. The Morgan fingerprint density at radius 1 is 1.06 bits per heavy atom. The Balaban J connectivity index is 1.68. The summed E-state index contributed by atoms with van der Waals surface area (Å²) >= 11 is 5.99. The second kappa shape index (κ2) is 11.4. The molecule has 1 heterocycles. The van der Waals surface area contributed by atoms with Gasteiger partial charge in [-0.15, -0.1) is 6.42 Å². The van der Waals surface area contributed by atoms with Gasteiger partial charge in [0.2, 0.25) is 11.8 Å². The summed E-state index contributed by atoms with van der Waals surface area (Å²) in [7, 11) is 0. The summed E-state index contributed by atoms with van der Waals surface area (Å²) in [5.41, 5.74) is 0.592. The van der Waals surface area contributed by atoms with Crippen LogP contribution in [0.2, 0.25) is 5.02 Å². The lowest BCUT2D eigenvalue weighted by Crippen LogP contribution is -2.39. The van der Waals surface area contributed by atoms with Crippen LogP contribution >= 0.6 is 11.6 Å². The fourth-order valence-corrected chi connectivity index (χ4v) is 4.07. The van der Waals surface area contributed by atoms with Crippen molar-refractivity contribution in [3.63, 3.8) is 0 Å². The minimum absolute atomic E-state index is 0.0648. The van der Waals surface area contributed by atoms with E-state index in [0.717, 1.165) is 4.57 Å². The number of carbonyl (C=O) groups is 2. The van der Waals surface area contributed by atoms with Crippen molar-refractivity contribution in [2.75, 3.05) is 10.6 Å². The molecular formula is C26H24ClN5O4. The highest BCUT2D eigenvalue weighted by molar-refractivity contribution is 6.32. The first-order valence-corrected chi connectivity index (χ1v) is 11.6. The number of hydrogen-bond acceptors (Lipinski definition) is 5. The van der Waals surface area contributed by atoms with Crippen molar-refractivity contribution in [3.05, 3.63) is 67.8 Å². The van der Waals surface area contributed by atoms with E-state index in [1.165, 1.54) is 22.8 Å². The molecule has 3 aromatic rings. The van der Waals surface area contributed by atoms with E-state index in [9.17, 15) is 19.2 Å².